The summed E-state index contributed by atoms with van der Waals surface area (Å²) < 4.78 is 28.2. The summed E-state index contributed by atoms with van der Waals surface area (Å²) in [6, 6.07) is 5.00. The number of rotatable bonds is 7. The Labute approximate surface area is 170 Å². The minimum absolute atomic E-state index is 0.0161. The van der Waals surface area contributed by atoms with Crippen molar-refractivity contribution in [2.24, 2.45) is 5.92 Å². The lowest BCUT2D eigenvalue weighted by Crippen LogP contribution is -2.28. The van der Waals surface area contributed by atoms with Crippen LogP contribution in [-0.2, 0) is 17.9 Å². The Bertz CT molecular complexity index is 1110. The van der Waals surface area contributed by atoms with Gasteiger partial charge in [-0.3, -0.25) is 14.2 Å². The van der Waals surface area contributed by atoms with E-state index in [1.165, 1.54) is 6.07 Å². The van der Waals surface area contributed by atoms with Crippen LogP contribution in [0.15, 0.2) is 34.2 Å². The molecule has 0 fully saturated rings. The summed E-state index contributed by atoms with van der Waals surface area (Å²) in [6.07, 6.45) is 0. The van der Waals surface area contributed by atoms with Crippen LogP contribution in [0.3, 0.4) is 0 Å². The van der Waals surface area contributed by atoms with Gasteiger partial charge in [-0.15, -0.1) is 0 Å². The van der Waals surface area contributed by atoms with E-state index in [9.17, 15) is 18.4 Å². The first-order valence-electron chi connectivity index (χ1n) is 9.18. The zero-order valence-corrected chi connectivity index (χ0v) is 17.2. The number of aryl methyl sites for hydroxylation is 1. The Hall–Kier alpha value is -2.68. The Morgan fingerprint density at radius 1 is 1.31 bits per heavy atom. The third kappa shape index (κ3) is 5.03. The Morgan fingerprint density at radius 3 is 2.76 bits per heavy atom. The maximum absolute atomic E-state index is 13.7. The minimum atomic E-state index is -0.710. The third-order valence-corrected chi connectivity index (χ3v) is 5.19. The van der Waals surface area contributed by atoms with Gasteiger partial charge in [-0.2, -0.15) is 0 Å². The van der Waals surface area contributed by atoms with Crippen molar-refractivity contribution >= 4 is 28.7 Å². The van der Waals surface area contributed by atoms with Gasteiger partial charge in [-0.25, -0.2) is 13.8 Å². The highest BCUT2D eigenvalue weighted by Crippen LogP contribution is 2.19. The highest BCUT2D eigenvalue weighted by atomic mass is 32.2. The number of H-pyrrole nitrogens is 1. The van der Waals surface area contributed by atoms with Gasteiger partial charge in [0.05, 0.1) is 11.3 Å². The molecule has 0 saturated carbocycles. The topological polar surface area (TPSA) is 79.8 Å². The van der Waals surface area contributed by atoms with Gasteiger partial charge in [0.25, 0.3) is 5.56 Å². The molecule has 0 spiro atoms. The summed E-state index contributed by atoms with van der Waals surface area (Å²) in [4.78, 5) is 32.6. The van der Waals surface area contributed by atoms with Crippen molar-refractivity contribution in [2.45, 2.75) is 39.0 Å². The first kappa shape index (κ1) is 21.0. The molecule has 0 radical (unpaired) electrons. The molecule has 154 valence electrons. The van der Waals surface area contributed by atoms with E-state index < -0.39 is 11.6 Å². The van der Waals surface area contributed by atoms with Crippen LogP contribution in [0.2, 0.25) is 0 Å². The molecule has 0 aliphatic heterocycles. The van der Waals surface area contributed by atoms with E-state index in [1.807, 2.05) is 20.8 Å². The average Bonchev–Trinajstić information content (AvgIpc) is 3.02. The molecule has 2 aromatic heterocycles. The summed E-state index contributed by atoms with van der Waals surface area (Å²) in [5.74, 6) is -1.48. The van der Waals surface area contributed by atoms with Gasteiger partial charge in [0, 0.05) is 30.4 Å². The zero-order valence-electron chi connectivity index (χ0n) is 16.4. The number of hydrogen-bond acceptors (Lipinski definition) is 4. The number of halogens is 2. The van der Waals surface area contributed by atoms with Crippen LogP contribution in [0.1, 0.15) is 25.1 Å². The number of carbonyl (C=O) groups is 1. The number of amides is 1. The fraction of sp³-hybridized carbons (Fsp3) is 0.350. The Balaban J connectivity index is 1.73. The highest BCUT2D eigenvalue weighted by molar-refractivity contribution is 7.99. The van der Waals surface area contributed by atoms with E-state index in [1.54, 1.807) is 10.6 Å². The largest absolute Gasteiger partial charge is 0.353 e. The van der Waals surface area contributed by atoms with E-state index in [2.05, 4.69) is 15.3 Å². The van der Waals surface area contributed by atoms with Crippen molar-refractivity contribution in [1.82, 2.24) is 19.9 Å². The Kier molecular flexibility index (Phi) is 6.36. The molecular weight excluding hydrogens is 398 g/mol. The minimum Gasteiger partial charge on any atom is -0.353 e. The van der Waals surface area contributed by atoms with Gasteiger partial charge in [0.1, 0.15) is 17.2 Å². The SMILES string of the molecule is Cc1cc2nc(SCC(=O)NCc3ccc(F)cc3F)n(CC(C)C)c(=O)c2[nH]1. The molecule has 3 rings (SSSR count). The van der Waals surface area contributed by atoms with Crippen molar-refractivity contribution in [3.63, 3.8) is 0 Å². The number of nitrogens with zero attached hydrogens (tertiary/aromatic N) is 2. The molecule has 0 aliphatic rings. The zero-order chi connectivity index (χ0) is 21.1. The molecule has 0 bridgehead atoms. The maximum atomic E-state index is 13.7. The molecule has 1 aromatic carbocycles. The maximum Gasteiger partial charge on any atom is 0.278 e. The van der Waals surface area contributed by atoms with Crippen LogP contribution in [0.25, 0.3) is 11.0 Å². The first-order valence-corrected chi connectivity index (χ1v) is 10.2. The van der Waals surface area contributed by atoms with Gasteiger partial charge in [-0.05, 0) is 25.0 Å². The lowest BCUT2D eigenvalue weighted by Gasteiger charge is -2.14. The quantitative estimate of drug-likeness (QED) is 0.454. The van der Waals surface area contributed by atoms with Crippen molar-refractivity contribution < 1.29 is 13.6 Å². The van der Waals surface area contributed by atoms with Crippen LogP contribution in [-0.4, -0.2) is 26.2 Å². The fourth-order valence-electron chi connectivity index (χ4n) is 2.89. The number of aromatic amines is 1. The van der Waals surface area contributed by atoms with E-state index in [4.69, 9.17) is 0 Å². The monoisotopic (exact) mass is 420 g/mol. The van der Waals surface area contributed by atoms with Crippen LogP contribution < -0.4 is 10.9 Å². The van der Waals surface area contributed by atoms with Crippen molar-refractivity contribution in [2.75, 3.05) is 5.75 Å². The molecule has 9 heteroatoms. The molecule has 0 aliphatic carbocycles. The van der Waals surface area contributed by atoms with Crippen LogP contribution >= 0.6 is 11.8 Å². The van der Waals surface area contributed by atoms with Crippen molar-refractivity contribution in [1.29, 1.82) is 0 Å². The molecule has 2 heterocycles. The van der Waals surface area contributed by atoms with Gasteiger partial charge in [0.2, 0.25) is 5.91 Å². The van der Waals surface area contributed by atoms with Crippen molar-refractivity contribution in [3.8, 4) is 0 Å². The summed E-state index contributed by atoms with van der Waals surface area (Å²) in [5, 5.41) is 3.06. The number of fused-ring (bicyclic) bond motifs is 1. The fourth-order valence-corrected chi connectivity index (χ4v) is 3.73. The van der Waals surface area contributed by atoms with E-state index in [0.29, 0.717) is 22.7 Å². The number of thioether (sulfide) groups is 1. The standard InChI is InChI=1S/C20H22F2N4O2S/c1-11(2)9-26-19(28)18-16(6-12(3)24-18)25-20(26)29-10-17(27)23-8-13-4-5-14(21)7-15(13)22/h4-7,11,24H,8-10H2,1-3H3,(H,23,27). The molecule has 0 unspecified atom stereocenters. The molecule has 0 saturated heterocycles. The van der Waals surface area contributed by atoms with Crippen LogP contribution in [0.5, 0.6) is 0 Å². The normalized spacial score (nSPS) is 11.4. The van der Waals surface area contributed by atoms with Gasteiger partial charge >= 0.3 is 0 Å². The molecule has 1 amide bonds. The lowest BCUT2D eigenvalue weighted by molar-refractivity contribution is -0.118. The summed E-state index contributed by atoms with van der Waals surface area (Å²) in [6.45, 7) is 6.27. The second-order valence-electron chi connectivity index (χ2n) is 7.22. The van der Waals surface area contributed by atoms with Crippen LogP contribution in [0, 0.1) is 24.5 Å². The van der Waals surface area contributed by atoms with E-state index in [-0.39, 0.29) is 35.2 Å². The predicted molar refractivity (Wildman–Crippen MR) is 109 cm³/mol. The average molecular weight is 420 g/mol. The van der Waals surface area contributed by atoms with Crippen LogP contribution in [0.4, 0.5) is 8.78 Å². The van der Waals surface area contributed by atoms with Crippen molar-refractivity contribution in [3.05, 3.63) is 57.5 Å². The van der Waals surface area contributed by atoms with E-state index >= 15 is 0 Å². The first-order chi connectivity index (χ1) is 13.7. The lowest BCUT2D eigenvalue weighted by atomic mass is 10.2. The molecule has 29 heavy (non-hydrogen) atoms. The second kappa shape index (κ2) is 8.77. The molecular formula is C20H22F2N4O2S. The number of nitrogens with one attached hydrogen (secondary N) is 2. The molecule has 6 nitrogen and oxygen atoms in total. The highest BCUT2D eigenvalue weighted by Gasteiger charge is 2.16. The van der Waals surface area contributed by atoms with Gasteiger partial charge in [0.15, 0.2) is 5.16 Å². The molecule has 3 aromatic rings. The molecule has 0 atom stereocenters. The summed E-state index contributed by atoms with van der Waals surface area (Å²) in [7, 11) is 0. The number of benzene rings is 1. The van der Waals surface area contributed by atoms with Gasteiger partial charge in [-0.1, -0.05) is 31.7 Å². The third-order valence-electron chi connectivity index (χ3n) is 4.21. The van der Waals surface area contributed by atoms with E-state index in [0.717, 1.165) is 29.6 Å². The number of carbonyl (C=O) groups excluding carboxylic acids is 1. The smallest absolute Gasteiger partial charge is 0.278 e. The van der Waals surface area contributed by atoms with Gasteiger partial charge < -0.3 is 10.3 Å². The number of hydrogen-bond donors (Lipinski definition) is 2. The molecule has 2 N–H and O–H groups in total. The number of aromatic nitrogens is 3. The summed E-state index contributed by atoms with van der Waals surface area (Å²) >= 11 is 1.15. The summed E-state index contributed by atoms with van der Waals surface area (Å²) in [5.41, 5.74) is 1.87. The second-order valence-corrected chi connectivity index (χ2v) is 8.16. The predicted octanol–water partition coefficient (Wildman–Crippen LogP) is 3.38. The Morgan fingerprint density at radius 2 is 2.07 bits per heavy atom.